The molecule has 0 N–H and O–H groups in total. The van der Waals surface area contributed by atoms with Gasteiger partial charge in [0, 0.05) is 49.0 Å². The number of hydrogen-bond acceptors (Lipinski definition) is 3. The second-order valence-corrected chi connectivity index (χ2v) is 8.12. The summed E-state index contributed by atoms with van der Waals surface area (Å²) in [6, 6.07) is 11.2. The second-order valence-electron chi connectivity index (χ2n) is 7.28. The van der Waals surface area contributed by atoms with Crippen LogP contribution in [-0.4, -0.2) is 43.7 Å². The molecular weight excluding hydrogens is 398 g/mol. The van der Waals surface area contributed by atoms with Crippen LogP contribution >= 0.6 is 23.2 Å². The van der Waals surface area contributed by atoms with Crippen molar-refractivity contribution in [3.8, 4) is 5.75 Å². The van der Waals surface area contributed by atoms with Crippen molar-refractivity contribution in [1.82, 2.24) is 4.90 Å². The van der Waals surface area contributed by atoms with Gasteiger partial charge in [0.05, 0.1) is 11.6 Å². The van der Waals surface area contributed by atoms with Gasteiger partial charge in [-0.2, -0.15) is 0 Å². The highest BCUT2D eigenvalue weighted by molar-refractivity contribution is 6.31. The zero-order valence-electron chi connectivity index (χ0n) is 15.6. The van der Waals surface area contributed by atoms with Crippen molar-refractivity contribution >= 4 is 35.0 Å². The number of benzene rings is 2. The molecule has 2 heterocycles. The summed E-state index contributed by atoms with van der Waals surface area (Å²) in [6.45, 7) is 4.62. The minimum Gasteiger partial charge on any atom is -0.493 e. The molecule has 1 saturated heterocycles. The summed E-state index contributed by atoms with van der Waals surface area (Å²) in [6.07, 6.45) is 6.42. The van der Waals surface area contributed by atoms with E-state index < -0.39 is 5.82 Å². The van der Waals surface area contributed by atoms with Crippen molar-refractivity contribution < 1.29 is 9.13 Å². The van der Waals surface area contributed by atoms with Crippen LogP contribution in [0.4, 0.5) is 10.1 Å². The molecule has 28 heavy (non-hydrogen) atoms. The van der Waals surface area contributed by atoms with Crippen LogP contribution in [0.1, 0.15) is 18.4 Å². The first-order valence-corrected chi connectivity index (χ1v) is 10.4. The van der Waals surface area contributed by atoms with Gasteiger partial charge in [-0.05, 0) is 48.7 Å². The number of ether oxygens (including phenoxy) is 1. The number of nitrogens with zero attached hydrogens (tertiary/aromatic N) is 2. The highest BCUT2D eigenvalue weighted by Crippen LogP contribution is 2.32. The van der Waals surface area contributed by atoms with Crippen molar-refractivity contribution in [2.75, 3.05) is 37.7 Å². The molecule has 1 atom stereocenters. The Bertz CT molecular complexity index is 874. The molecule has 2 aromatic rings. The average Bonchev–Trinajstić information content (AvgIpc) is 3.16. The van der Waals surface area contributed by atoms with Gasteiger partial charge in [0.2, 0.25) is 0 Å². The topological polar surface area (TPSA) is 15.7 Å². The number of fused-ring (bicyclic) bond motifs is 1. The minimum absolute atomic E-state index is 0.117. The molecule has 2 aliphatic rings. The smallest absolute Gasteiger partial charge is 0.145 e. The summed E-state index contributed by atoms with van der Waals surface area (Å²) in [7, 11) is 0. The van der Waals surface area contributed by atoms with Gasteiger partial charge in [-0.25, -0.2) is 4.39 Å². The van der Waals surface area contributed by atoms with Crippen LogP contribution in [-0.2, 0) is 0 Å². The van der Waals surface area contributed by atoms with Crippen molar-refractivity contribution in [2.45, 2.75) is 18.9 Å². The third-order valence-electron chi connectivity index (χ3n) is 5.37. The SMILES string of the molecule is Fc1cc(OCCCN2CCC(N3CC=Cc4cc(Cl)ccc43)C2)ccc1Cl. The van der Waals surface area contributed by atoms with Gasteiger partial charge in [0.1, 0.15) is 11.6 Å². The molecule has 0 aromatic heterocycles. The number of hydrogen-bond donors (Lipinski definition) is 0. The summed E-state index contributed by atoms with van der Waals surface area (Å²) < 4.78 is 19.1. The lowest BCUT2D eigenvalue weighted by atomic mass is 10.0. The molecule has 0 radical (unpaired) electrons. The number of rotatable bonds is 6. The maximum absolute atomic E-state index is 13.4. The van der Waals surface area contributed by atoms with Crippen LogP contribution in [0.2, 0.25) is 10.0 Å². The molecule has 0 aliphatic carbocycles. The van der Waals surface area contributed by atoms with E-state index in [9.17, 15) is 4.39 Å². The molecular formula is C22H23Cl2FN2O. The van der Waals surface area contributed by atoms with E-state index in [1.54, 1.807) is 6.07 Å². The maximum Gasteiger partial charge on any atom is 0.145 e. The molecule has 3 nitrogen and oxygen atoms in total. The van der Waals surface area contributed by atoms with E-state index in [-0.39, 0.29) is 5.02 Å². The predicted octanol–water partition coefficient (Wildman–Crippen LogP) is 5.51. The van der Waals surface area contributed by atoms with Gasteiger partial charge in [-0.3, -0.25) is 0 Å². The average molecular weight is 421 g/mol. The summed E-state index contributed by atoms with van der Waals surface area (Å²) in [5.74, 6) is 0.0790. The quantitative estimate of drug-likeness (QED) is 0.572. The molecule has 2 aliphatic heterocycles. The van der Waals surface area contributed by atoms with E-state index in [0.717, 1.165) is 44.0 Å². The molecule has 1 fully saturated rings. The van der Waals surface area contributed by atoms with Crippen LogP contribution in [0.25, 0.3) is 6.08 Å². The number of likely N-dealkylation sites (tertiary alicyclic amines) is 1. The first-order chi connectivity index (χ1) is 13.6. The molecule has 1 unspecified atom stereocenters. The summed E-state index contributed by atoms with van der Waals surface area (Å²) in [5, 5.41) is 0.894. The molecule has 4 rings (SSSR count). The molecule has 0 amide bonds. The third-order valence-corrected chi connectivity index (χ3v) is 5.91. The van der Waals surface area contributed by atoms with E-state index in [1.807, 2.05) is 12.1 Å². The van der Waals surface area contributed by atoms with E-state index in [0.29, 0.717) is 18.4 Å². The van der Waals surface area contributed by atoms with Gasteiger partial charge >= 0.3 is 0 Å². The van der Waals surface area contributed by atoms with Gasteiger partial charge in [0.25, 0.3) is 0 Å². The molecule has 0 saturated carbocycles. The lowest BCUT2D eigenvalue weighted by molar-refractivity contribution is 0.261. The standard InChI is InChI=1S/C22H23Cl2FN2O/c23-17-4-7-22-16(13-17)3-1-10-27(22)18-8-11-26(15-18)9-2-12-28-19-5-6-20(24)21(25)14-19/h1,3-7,13-14,18H,2,8-12,15H2. The molecule has 148 valence electrons. The van der Waals surface area contributed by atoms with E-state index >= 15 is 0 Å². The molecule has 0 spiro atoms. The Kier molecular flexibility index (Phi) is 6.10. The fourth-order valence-electron chi connectivity index (χ4n) is 3.97. The van der Waals surface area contributed by atoms with Crippen LogP contribution in [0.15, 0.2) is 42.5 Å². The van der Waals surface area contributed by atoms with Crippen LogP contribution in [0, 0.1) is 5.82 Å². The lowest BCUT2D eigenvalue weighted by Crippen LogP contribution is -2.39. The van der Waals surface area contributed by atoms with Crippen molar-refractivity contribution in [3.05, 3.63) is 63.9 Å². The Morgan fingerprint density at radius 2 is 2.04 bits per heavy atom. The van der Waals surface area contributed by atoms with Crippen LogP contribution in [0.3, 0.4) is 0 Å². The minimum atomic E-state index is -0.446. The highest BCUT2D eigenvalue weighted by Gasteiger charge is 2.29. The molecule has 2 aromatic carbocycles. The summed E-state index contributed by atoms with van der Waals surface area (Å²) >= 11 is 11.8. The zero-order valence-corrected chi connectivity index (χ0v) is 17.1. The van der Waals surface area contributed by atoms with Gasteiger partial charge in [-0.15, -0.1) is 0 Å². The van der Waals surface area contributed by atoms with E-state index in [2.05, 4.69) is 28.0 Å². The lowest BCUT2D eigenvalue weighted by Gasteiger charge is -2.34. The van der Waals surface area contributed by atoms with Crippen LogP contribution in [0.5, 0.6) is 5.75 Å². The Labute approximate surface area is 175 Å². The van der Waals surface area contributed by atoms with Crippen molar-refractivity contribution in [3.63, 3.8) is 0 Å². The fraction of sp³-hybridized carbons (Fsp3) is 0.364. The van der Waals surface area contributed by atoms with Crippen molar-refractivity contribution in [2.24, 2.45) is 0 Å². The Hall–Kier alpha value is -1.75. The van der Waals surface area contributed by atoms with Gasteiger partial charge in [-0.1, -0.05) is 35.4 Å². The largest absolute Gasteiger partial charge is 0.493 e. The molecule has 0 bridgehead atoms. The predicted molar refractivity (Wildman–Crippen MR) is 114 cm³/mol. The molecule has 6 heteroatoms. The third kappa shape index (κ3) is 4.45. The summed E-state index contributed by atoms with van der Waals surface area (Å²) in [4.78, 5) is 4.96. The maximum atomic E-state index is 13.4. The highest BCUT2D eigenvalue weighted by atomic mass is 35.5. The first-order valence-electron chi connectivity index (χ1n) is 9.63. The normalized spacial score (nSPS) is 19.1. The zero-order chi connectivity index (χ0) is 19.5. The fourth-order valence-corrected chi connectivity index (χ4v) is 4.27. The van der Waals surface area contributed by atoms with E-state index in [4.69, 9.17) is 27.9 Å². The van der Waals surface area contributed by atoms with Gasteiger partial charge < -0.3 is 14.5 Å². The first kappa shape index (κ1) is 19.6. The Morgan fingerprint density at radius 3 is 2.89 bits per heavy atom. The second kappa shape index (κ2) is 8.73. The van der Waals surface area contributed by atoms with Crippen molar-refractivity contribution in [1.29, 1.82) is 0 Å². The number of halogens is 3. The van der Waals surface area contributed by atoms with Crippen LogP contribution < -0.4 is 9.64 Å². The monoisotopic (exact) mass is 420 g/mol. The Morgan fingerprint density at radius 1 is 1.14 bits per heavy atom. The Balaban J connectivity index is 1.26. The van der Waals surface area contributed by atoms with E-state index in [1.165, 1.54) is 23.4 Å². The van der Waals surface area contributed by atoms with Gasteiger partial charge in [0.15, 0.2) is 0 Å². The summed E-state index contributed by atoms with van der Waals surface area (Å²) in [5.41, 5.74) is 2.47. The number of anilines is 1.